The summed E-state index contributed by atoms with van der Waals surface area (Å²) in [7, 11) is 0. The van der Waals surface area contributed by atoms with Crippen LogP contribution in [0.15, 0.2) is 47.8 Å². The van der Waals surface area contributed by atoms with Gasteiger partial charge in [0.1, 0.15) is 22.5 Å². The summed E-state index contributed by atoms with van der Waals surface area (Å²) in [5.41, 5.74) is 0.568. The molecule has 2 aromatic heterocycles. The highest BCUT2D eigenvalue weighted by Crippen LogP contribution is 2.22. The molecule has 0 fully saturated rings. The van der Waals surface area contributed by atoms with Gasteiger partial charge in [0, 0.05) is 24.2 Å². The van der Waals surface area contributed by atoms with Gasteiger partial charge < -0.3 is 0 Å². The first kappa shape index (κ1) is 14.6. The second-order valence-corrected chi connectivity index (χ2v) is 5.64. The lowest BCUT2D eigenvalue weighted by Crippen LogP contribution is -2.00. The molecule has 112 valence electrons. The van der Waals surface area contributed by atoms with Crippen LogP contribution in [0, 0.1) is 18.6 Å². The smallest absolute Gasteiger partial charge is 0.160 e. The van der Waals surface area contributed by atoms with Gasteiger partial charge in [-0.3, -0.25) is 4.57 Å². The number of halogens is 2. The van der Waals surface area contributed by atoms with Crippen molar-refractivity contribution in [2.45, 2.75) is 17.7 Å². The summed E-state index contributed by atoms with van der Waals surface area (Å²) in [6.07, 6.45) is 3.50. The first-order chi connectivity index (χ1) is 10.6. The van der Waals surface area contributed by atoms with Crippen LogP contribution in [0.5, 0.6) is 0 Å². The van der Waals surface area contributed by atoms with Crippen molar-refractivity contribution in [3.63, 3.8) is 0 Å². The van der Waals surface area contributed by atoms with Gasteiger partial charge in [-0.05, 0) is 36.8 Å². The molecule has 0 aliphatic heterocycles. The van der Waals surface area contributed by atoms with E-state index in [2.05, 4.69) is 15.2 Å². The Hall–Kier alpha value is -2.28. The summed E-state index contributed by atoms with van der Waals surface area (Å²) in [6.45, 7) is 1.88. The predicted molar refractivity (Wildman–Crippen MR) is 79.8 cm³/mol. The van der Waals surface area contributed by atoms with Crippen LogP contribution in [0.3, 0.4) is 0 Å². The van der Waals surface area contributed by atoms with E-state index in [1.165, 1.54) is 23.9 Å². The van der Waals surface area contributed by atoms with Gasteiger partial charge in [0.15, 0.2) is 5.82 Å². The molecule has 1 aromatic carbocycles. The van der Waals surface area contributed by atoms with E-state index in [4.69, 9.17) is 0 Å². The van der Waals surface area contributed by atoms with Crippen LogP contribution in [0.4, 0.5) is 8.78 Å². The zero-order valence-electron chi connectivity index (χ0n) is 11.7. The Bertz CT molecular complexity index is 766. The van der Waals surface area contributed by atoms with Crippen LogP contribution in [0.25, 0.3) is 5.82 Å². The summed E-state index contributed by atoms with van der Waals surface area (Å²) in [4.78, 5) is 4.13. The molecule has 0 N–H and O–H groups in total. The molecule has 3 rings (SSSR count). The van der Waals surface area contributed by atoms with E-state index in [0.717, 1.165) is 11.9 Å². The van der Waals surface area contributed by atoms with Gasteiger partial charge >= 0.3 is 0 Å². The number of aryl methyl sites for hydroxylation is 1. The average Bonchev–Trinajstić information content (AvgIpc) is 2.91. The van der Waals surface area contributed by atoms with Crippen LogP contribution >= 0.6 is 11.8 Å². The zero-order chi connectivity index (χ0) is 15.5. The van der Waals surface area contributed by atoms with Crippen LogP contribution in [-0.2, 0) is 5.75 Å². The van der Waals surface area contributed by atoms with Crippen molar-refractivity contribution in [3.05, 3.63) is 65.7 Å². The number of aromatic nitrogens is 4. The van der Waals surface area contributed by atoms with Crippen molar-refractivity contribution in [3.8, 4) is 5.82 Å². The number of hydrogen-bond acceptors (Lipinski definition) is 4. The van der Waals surface area contributed by atoms with E-state index in [1.54, 1.807) is 6.20 Å². The van der Waals surface area contributed by atoms with Crippen LogP contribution in [0.2, 0.25) is 0 Å². The van der Waals surface area contributed by atoms with Gasteiger partial charge in [0.25, 0.3) is 0 Å². The number of rotatable bonds is 4. The first-order valence-electron chi connectivity index (χ1n) is 6.53. The normalized spacial score (nSPS) is 10.9. The van der Waals surface area contributed by atoms with E-state index in [9.17, 15) is 8.78 Å². The molecular weight excluding hydrogens is 306 g/mol. The number of benzene rings is 1. The van der Waals surface area contributed by atoms with E-state index in [1.807, 2.05) is 29.8 Å². The minimum absolute atomic E-state index is 0.423. The van der Waals surface area contributed by atoms with Crippen LogP contribution in [-0.4, -0.2) is 19.7 Å². The third-order valence-electron chi connectivity index (χ3n) is 3.01. The van der Waals surface area contributed by atoms with Crippen LogP contribution < -0.4 is 0 Å². The summed E-state index contributed by atoms with van der Waals surface area (Å²) in [6, 6.07) is 7.13. The first-order valence-corrected chi connectivity index (χ1v) is 7.52. The Kier molecular flexibility index (Phi) is 4.15. The van der Waals surface area contributed by atoms with Gasteiger partial charge in [0.05, 0.1) is 0 Å². The van der Waals surface area contributed by atoms with E-state index < -0.39 is 11.6 Å². The molecule has 0 aliphatic carbocycles. The highest BCUT2D eigenvalue weighted by Gasteiger charge is 2.05. The monoisotopic (exact) mass is 318 g/mol. The second-order valence-electron chi connectivity index (χ2n) is 4.64. The van der Waals surface area contributed by atoms with Gasteiger partial charge in [-0.15, -0.1) is 10.2 Å². The third-order valence-corrected chi connectivity index (χ3v) is 4.00. The summed E-state index contributed by atoms with van der Waals surface area (Å²) in [5.74, 6) is 0.772. The Morgan fingerprint density at radius 1 is 1.09 bits per heavy atom. The SMILES string of the molecule is Cc1nccn1-c1ccc(SCc2cc(F)cc(F)c2)nn1. The largest absolute Gasteiger partial charge is 0.287 e. The standard InChI is InChI=1S/C15H12F2N4S/c1-10-18-4-5-21(10)14-2-3-15(20-19-14)22-9-11-6-12(16)8-13(17)7-11/h2-8H,9H2,1H3. The molecule has 0 unspecified atom stereocenters. The number of hydrogen-bond donors (Lipinski definition) is 0. The van der Waals surface area contributed by atoms with Crippen molar-refractivity contribution in [2.75, 3.05) is 0 Å². The zero-order valence-corrected chi connectivity index (χ0v) is 12.5. The molecule has 0 bridgehead atoms. The fourth-order valence-corrected chi connectivity index (χ4v) is 2.73. The van der Waals surface area contributed by atoms with Gasteiger partial charge in [-0.2, -0.15) is 0 Å². The number of imidazole rings is 1. The maximum Gasteiger partial charge on any atom is 0.160 e. The minimum atomic E-state index is -0.576. The Morgan fingerprint density at radius 2 is 1.86 bits per heavy atom. The lowest BCUT2D eigenvalue weighted by atomic mass is 10.2. The molecule has 0 radical (unpaired) electrons. The lowest BCUT2D eigenvalue weighted by molar-refractivity contribution is 0.581. The van der Waals surface area contributed by atoms with Crippen molar-refractivity contribution in [1.82, 2.24) is 19.7 Å². The molecule has 22 heavy (non-hydrogen) atoms. The molecule has 0 saturated carbocycles. The molecule has 0 aliphatic rings. The summed E-state index contributed by atoms with van der Waals surface area (Å²) < 4.78 is 28.1. The Morgan fingerprint density at radius 3 is 2.45 bits per heavy atom. The predicted octanol–water partition coefficient (Wildman–Crippen LogP) is 3.54. The summed E-state index contributed by atoms with van der Waals surface area (Å²) in [5, 5.41) is 8.93. The van der Waals surface area contributed by atoms with Gasteiger partial charge in [0.2, 0.25) is 0 Å². The number of thioether (sulfide) groups is 1. The van der Waals surface area contributed by atoms with Crippen molar-refractivity contribution in [1.29, 1.82) is 0 Å². The van der Waals surface area contributed by atoms with Crippen molar-refractivity contribution in [2.24, 2.45) is 0 Å². The molecule has 3 aromatic rings. The Balaban J connectivity index is 1.70. The molecule has 2 heterocycles. The Labute approximate surface area is 130 Å². The fourth-order valence-electron chi connectivity index (χ4n) is 1.99. The average molecular weight is 318 g/mol. The maximum absolute atomic E-state index is 13.1. The minimum Gasteiger partial charge on any atom is -0.287 e. The van der Waals surface area contributed by atoms with E-state index in [-0.39, 0.29) is 0 Å². The highest BCUT2D eigenvalue weighted by molar-refractivity contribution is 7.98. The molecule has 0 atom stereocenters. The van der Waals surface area contributed by atoms with Crippen molar-refractivity contribution >= 4 is 11.8 Å². The molecule has 0 amide bonds. The molecule has 0 saturated heterocycles. The van der Waals surface area contributed by atoms with E-state index in [0.29, 0.717) is 22.2 Å². The molecule has 0 spiro atoms. The molecule has 4 nitrogen and oxygen atoms in total. The fraction of sp³-hybridized carbons (Fsp3) is 0.133. The quantitative estimate of drug-likeness (QED) is 0.690. The highest BCUT2D eigenvalue weighted by atomic mass is 32.2. The third kappa shape index (κ3) is 3.30. The number of nitrogens with zero attached hydrogens (tertiary/aromatic N) is 4. The van der Waals surface area contributed by atoms with Crippen LogP contribution in [0.1, 0.15) is 11.4 Å². The maximum atomic E-state index is 13.1. The second kappa shape index (κ2) is 6.23. The topological polar surface area (TPSA) is 43.6 Å². The van der Waals surface area contributed by atoms with Crippen molar-refractivity contribution < 1.29 is 8.78 Å². The van der Waals surface area contributed by atoms with E-state index >= 15 is 0 Å². The van der Waals surface area contributed by atoms with Gasteiger partial charge in [-0.25, -0.2) is 13.8 Å². The summed E-state index contributed by atoms with van der Waals surface area (Å²) >= 11 is 1.37. The lowest BCUT2D eigenvalue weighted by Gasteiger charge is -2.05. The van der Waals surface area contributed by atoms with Gasteiger partial charge in [-0.1, -0.05) is 11.8 Å². The molecule has 7 heteroatoms. The molecular formula is C15H12F2N4S.